The average Bonchev–Trinajstić information content (AvgIpc) is 3.09. The van der Waals surface area contributed by atoms with Gasteiger partial charge in [0.05, 0.1) is 13.2 Å². The molecule has 1 aliphatic heterocycles. The first-order valence-electron chi connectivity index (χ1n) is 9.26. The molecule has 1 amide bonds. The van der Waals surface area contributed by atoms with Gasteiger partial charge in [0.25, 0.3) is 5.91 Å². The van der Waals surface area contributed by atoms with Crippen LogP contribution in [0.1, 0.15) is 35.7 Å². The number of benzene rings is 1. The summed E-state index contributed by atoms with van der Waals surface area (Å²) in [6.07, 6.45) is 6.43. The highest BCUT2D eigenvalue weighted by molar-refractivity contribution is 6.04. The number of ether oxygens (including phenoxy) is 1. The number of primary amides is 1. The third-order valence-electron chi connectivity index (χ3n) is 5.43. The zero-order valence-corrected chi connectivity index (χ0v) is 15.5. The van der Waals surface area contributed by atoms with Crippen LogP contribution in [-0.4, -0.2) is 35.1 Å². The van der Waals surface area contributed by atoms with Gasteiger partial charge in [0.1, 0.15) is 17.1 Å². The van der Waals surface area contributed by atoms with Crippen LogP contribution >= 0.6 is 0 Å². The summed E-state index contributed by atoms with van der Waals surface area (Å²) in [6, 6.07) is 4.31. The van der Waals surface area contributed by atoms with Gasteiger partial charge in [-0.25, -0.2) is 9.07 Å². The third kappa shape index (κ3) is 2.94. The van der Waals surface area contributed by atoms with Gasteiger partial charge >= 0.3 is 0 Å². The number of carbonyl (C=O) groups excluding carboxylic acids is 1. The molecular weight excluding hydrogens is 361 g/mol. The van der Waals surface area contributed by atoms with Crippen LogP contribution < -0.4 is 15.8 Å². The van der Waals surface area contributed by atoms with Crippen molar-refractivity contribution in [3.63, 3.8) is 0 Å². The zero-order valence-electron chi connectivity index (χ0n) is 15.5. The van der Waals surface area contributed by atoms with E-state index in [0.29, 0.717) is 29.3 Å². The van der Waals surface area contributed by atoms with Crippen LogP contribution in [0.25, 0.3) is 11.3 Å². The Morgan fingerprint density at radius 3 is 2.96 bits per heavy atom. The Hall–Kier alpha value is -3.16. The number of nitrogens with two attached hydrogens (primary N) is 1. The average molecular weight is 383 g/mol. The van der Waals surface area contributed by atoms with Crippen LogP contribution in [0, 0.1) is 17.1 Å². The van der Waals surface area contributed by atoms with Crippen molar-refractivity contribution < 1.29 is 13.9 Å². The number of halogens is 1. The molecular formula is C20H22FN5O2. The van der Waals surface area contributed by atoms with E-state index < -0.39 is 11.7 Å². The molecule has 2 heterocycles. The highest BCUT2D eigenvalue weighted by Gasteiger charge is 2.35. The Bertz CT molecular complexity index is 981. The molecule has 1 aromatic carbocycles. The van der Waals surface area contributed by atoms with Gasteiger partial charge in [0, 0.05) is 23.7 Å². The summed E-state index contributed by atoms with van der Waals surface area (Å²) in [5.41, 5.74) is 7.47. The second-order valence-corrected chi connectivity index (χ2v) is 7.05. The van der Waals surface area contributed by atoms with Gasteiger partial charge in [-0.15, -0.1) is 0 Å². The molecule has 0 saturated heterocycles. The van der Waals surface area contributed by atoms with E-state index in [-0.39, 0.29) is 23.3 Å². The van der Waals surface area contributed by atoms with Gasteiger partial charge in [-0.2, -0.15) is 5.10 Å². The van der Waals surface area contributed by atoms with Crippen molar-refractivity contribution >= 4 is 17.4 Å². The number of nitrogens with zero attached hydrogens (tertiary/aromatic N) is 2. The minimum absolute atomic E-state index is 0.0297. The molecule has 4 rings (SSSR count). The third-order valence-corrected chi connectivity index (χ3v) is 5.43. The van der Waals surface area contributed by atoms with E-state index in [1.54, 1.807) is 10.7 Å². The van der Waals surface area contributed by atoms with E-state index in [9.17, 15) is 9.18 Å². The Morgan fingerprint density at radius 2 is 2.25 bits per heavy atom. The number of fused-ring (bicyclic) bond motifs is 1. The van der Waals surface area contributed by atoms with Crippen LogP contribution in [-0.2, 0) is 0 Å². The number of nitrogens with one attached hydrogen (secondary N) is 2. The van der Waals surface area contributed by atoms with Crippen LogP contribution in [0.2, 0.25) is 0 Å². The monoisotopic (exact) mass is 383 g/mol. The number of hydrogen-bond donors (Lipinski definition) is 3. The van der Waals surface area contributed by atoms with Crippen LogP contribution in [0.3, 0.4) is 0 Å². The van der Waals surface area contributed by atoms with Crippen LogP contribution in [0.15, 0.2) is 30.4 Å². The van der Waals surface area contributed by atoms with Gasteiger partial charge in [0.2, 0.25) is 0 Å². The molecule has 0 bridgehead atoms. The number of aromatic nitrogens is 2. The summed E-state index contributed by atoms with van der Waals surface area (Å²) >= 11 is 0. The fourth-order valence-electron chi connectivity index (χ4n) is 4.08. The highest BCUT2D eigenvalue weighted by Crippen LogP contribution is 2.40. The Kier molecular flexibility index (Phi) is 4.62. The lowest BCUT2D eigenvalue weighted by molar-refractivity contribution is 0.100. The minimum Gasteiger partial charge on any atom is -0.494 e. The van der Waals surface area contributed by atoms with Crippen molar-refractivity contribution in [3.05, 3.63) is 41.7 Å². The highest BCUT2D eigenvalue weighted by atomic mass is 19.1. The number of rotatable bonds is 4. The SMILES string of the molecule is COc1cc(-c2nn3c(c2C(N)=O)NCCC3C2CCC=CC2=N)ccc1F. The van der Waals surface area contributed by atoms with Gasteiger partial charge in [0.15, 0.2) is 11.6 Å². The van der Waals surface area contributed by atoms with Crippen molar-refractivity contribution in [1.82, 2.24) is 9.78 Å². The molecule has 0 radical (unpaired) electrons. The van der Waals surface area contributed by atoms with E-state index in [1.165, 1.54) is 19.2 Å². The maximum atomic E-state index is 13.8. The molecule has 2 atom stereocenters. The standard InChI is InChI=1S/C20H22FN5O2/c1-28-16-10-11(6-7-13(16)21)18-17(19(23)27)20-24-9-8-15(26(20)25-18)12-4-2-3-5-14(12)22/h3,5-7,10,12,15,22,24H,2,4,8-9H2,1H3,(H2,23,27). The number of amides is 1. The largest absolute Gasteiger partial charge is 0.494 e. The van der Waals surface area contributed by atoms with Crippen LogP contribution in [0.4, 0.5) is 10.2 Å². The van der Waals surface area contributed by atoms with Gasteiger partial charge in [-0.1, -0.05) is 6.08 Å². The maximum absolute atomic E-state index is 13.8. The zero-order chi connectivity index (χ0) is 19.8. The fourth-order valence-corrected chi connectivity index (χ4v) is 4.08. The van der Waals surface area contributed by atoms with Crippen LogP contribution in [0.5, 0.6) is 5.75 Å². The maximum Gasteiger partial charge on any atom is 0.254 e. The summed E-state index contributed by atoms with van der Waals surface area (Å²) in [4.78, 5) is 12.3. The lowest BCUT2D eigenvalue weighted by atomic mass is 9.84. The molecule has 28 heavy (non-hydrogen) atoms. The normalized spacial score (nSPS) is 21.1. The number of methoxy groups -OCH3 is 1. The van der Waals surface area contributed by atoms with Crippen molar-refractivity contribution in [2.24, 2.45) is 11.7 Å². The topological polar surface area (TPSA) is 106 Å². The van der Waals surface area contributed by atoms with E-state index in [0.717, 1.165) is 19.3 Å². The first-order chi connectivity index (χ1) is 13.5. The molecule has 0 saturated carbocycles. The molecule has 7 nitrogen and oxygen atoms in total. The number of carbonyl (C=O) groups is 1. The second kappa shape index (κ2) is 7.10. The van der Waals surface area contributed by atoms with Gasteiger partial charge < -0.3 is 21.2 Å². The summed E-state index contributed by atoms with van der Waals surface area (Å²) in [7, 11) is 1.38. The predicted octanol–water partition coefficient (Wildman–Crippen LogP) is 3.14. The van der Waals surface area contributed by atoms with Gasteiger partial charge in [-0.05, 0) is 43.5 Å². The first-order valence-corrected chi connectivity index (χ1v) is 9.26. The molecule has 2 aromatic rings. The lowest BCUT2D eigenvalue weighted by Crippen LogP contribution is -2.33. The molecule has 2 unspecified atom stereocenters. The molecule has 8 heteroatoms. The number of hydrogen-bond acceptors (Lipinski definition) is 5. The Labute approximate surface area is 161 Å². The quantitative estimate of drug-likeness (QED) is 0.754. The van der Waals surface area contributed by atoms with Crippen molar-refractivity contribution in [2.75, 3.05) is 19.0 Å². The first kappa shape index (κ1) is 18.2. The van der Waals surface area contributed by atoms with Crippen molar-refractivity contribution in [2.45, 2.75) is 25.3 Å². The van der Waals surface area contributed by atoms with Crippen molar-refractivity contribution in [3.8, 4) is 17.0 Å². The molecule has 0 spiro atoms. The molecule has 2 aliphatic rings. The van der Waals surface area contributed by atoms with E-state index in [4.69, 9.17) is 21.0 Å². The number of anilines is 1. The summed E-state index contributed by atoms with van der Waals surface area (Å²) < 4.78 is 20.7. The number of allylic oxidation sites excluding steroid dienone is 2. The molecule has 146 valence electrons. The molecule has 0 fully saturated rings. The Morgan fingerprint density at radius 1 is 1.43 bits per heavy atom. The molecule has 4 N–H and O–H groups in total. The van der Waals surface area contributed by atoms with E-state index in [1.807, 2.05) is 12.2 Å². The summed E-state index contributed by atoms with van der Waals surface area (Å²) in [6.45, 7) is 0.663. The molecule has 1 aromatic heterocycles. The smallest absolute Gasteiger partial charge is 0.254 e. The minimum atomic E-state index is -0.605. The second-order valence-electron chi connectivity index (χ2n) is 7.05. The lowest BCUT2D eigenvalue weighted by Gasteiger charge is -2.33. The Balaban J connectivity index is 1.85. The van der Waals surface area contributed by atoms with Gasteiger partial charge in [-0.3, -0.25) is 4.79 Å². The summed E-state index contributed by atoms with van der Waals surface area (Å²) in [5, 5.41) is 16.2. The fraction of sp³-hybridized carbons (Fsp3) is 0.350. The van der Waals surface area contributed by atoms with E-state index in [2.05, 4.69) is 5.32 Å². The molecule has 1 aliphatic carbocycles. The summed E-state index contributed by atoms with van der Waals surface area (Å²) in [5.74, 6) is -0.435. The predicted molar refractivity (Wildman–Crippen MR) is 104 cm³/mol. The van der Waals surface area contributed by atoms with Crippen molar-refractivity contribution in [1.29, 1.82) is 5.41 Å². The van der Waals surface area contributed by atoms with E-state index >= 15 is 0 Å².